The normalized spacial score (nSPS) is 11.0. The van der Waals surface area contributed by atoms with E-state index in [-0.39, 0.29) is 5.91 Å². The van der Waals surface area contributed by atoms with Gasteiger partial charge in [-0.1, -0.05) is 84.0 Å². The predicted octanol–water partition coefficient (Wildman–Crippen LogP) is 6.31. The van der Waals surface area contributed by atoms with Crippen LogP contribution in [-0.4, -0.2) is 28.1 Å². The highest BCUT2D eigenvalue weighted by molar-refractivity contribution is 8.01. The van der Waals surface area contributed by atoms with E-state index >= 15 is 0 Å². The Morgan fingerprint density at radius 2 is 1.67 bits per heavy atom. The fourth-order valence-corrected chi connectivity index (χ4v) is 5.28. The zero-order chi connectivity index (χ0) is 20.8. The topological polar surface area (TPSA) is 33.2 Å². The van der Waals surface area contributed by atoms with Gasteiger partial charge in [-0.15, -0.1) is 11.3 Å². The molecule has 6 heteroatoms. The maximum atomic E-state index is 13.1. The summed E-state index contributed by atoms with van der Waals surface area (Å²) < 4.78 is 1.97. The minimum Gasteiger partial charge on any atom is -0.337 e. The number of thiazole rings is 1. The highest BCUT2D eigenvalue weighted by Crippen LogP contribution is 2.31. The Balaban J connectivity index is 1.43. The third-order valence-corrected chi connectivity index (χ3v) is 7.13. The summed E-state index contributed by atoms with van der Waals surface area (Å²) >= 11 is 9.15. The molecule has 0 spiro atoms. The Kier molecular flexibility index (Phi) is 7.05. The van der Waals surface area contributed by atoms with Crippen molar-refractivity contribution >= 4 is 50.8 Å². The number of rotatable bonds is 8. The van der Waals surface area contributed by atoms with Crippen LogP contribution >= 0.6 is 34.7 Å². The van der Waals surface area contributed by atoms with Crippen LogP contribution in [0.15, 0.2) is 83.2 Å². The standard InChI is InChI=1S/C24H21ClN2OS2/c25-20-11-12-22-21(15-20)26-24(30-22)29-17-23(28)27(16-19-9-5-2-6-10-19)14-13-18-7-3-1-4-8-18/h1-12,15H,13-14,16-17H2. The van der Waals surface area contributed by atoms with Crippen molar-refractivity contribution in [2.24, 2.45) is 0 Å². The zero-order valence-corrected chi connectivity index (χ0v) is 18.7. The van der Waals surface area contributed by atoms with Gasteiger partial charge in [-0.25, -0.2) is 4.98 Å². The van der Waals surface area contributed by atoms with Gasteiger partial charge in [0.1, 0.15) is 0 Å². The number of benzene rings is 3. The Hall–Kier alpha value is -2.34. The summed E-state index contributed by atoms with van der Waals surface area (Å²) in [6, 6.07) is 26.1. The lowest BCUT2D eigenvalue weighted by molar-refractivity contribution is -0.128. The molecule has 4 aromatic rings. The molecule has 0 radical (unpaired) electrons. The van der Waals surface area contributed by atoms with Gasteiger partial charge in [-0.2, -0.15) is 0 Å². The van der Waals surface area contributed by atoms with Gasteiger partial charge in [0, 0.05) is 18.1 Å². The number of fused-ring (bicyclic) bond motifs is 1. The van der Waals surface area contributed by atoms with Crippen LogP contribution in [0.2, 0.25) is 5.02 Å². The maximum Gasteiger partial charge on any atom is 0.233 e. The number of aromatic nitrogens is 1. The van der Waals surface area contributed by atoms with Crippen LogP contribution in [0.5, 0.6) is 0 Å². The molecule has 1 aromatic heterocycles. The van der Waals surface area contributed by atoms with E-state index in [0.29, 0.717) is 23.9 Å². The fraction of sp³-hybridized carbons (Fsp3) is 0.167. The van der Waals surface area contributed by atoms with Crippen LogP contribution < -0.4 is 0 Å². The molecule has 0 atom stereocenters. The molecule has 0 saturated heterocycles. The fourth-order valence-electron chi connectivity index (χ4n) is 3.16. The van der Waals surface area contributed by atoms with E-state index in [9.17, 15) is 4.79 Å². The van der Waals surface area contributed by atoms with Crippen molar-refractivity contribution in [2.75, 3.05) is 12.3 Å². The number of carbonyl (C=O) groups is 1. The Labute approximate surface area is 189 Å². The monoisotopic (exact) mass is 452 g/mol. The highest BCUT2D eigenvalue weighted by atomic mass is 35.5. The summed E-state index contributed by atoms with van der Waals surface area (Å²) in [6.07, 6.45) is 0.837. The summed E-state index contributed by atoms with van der Waals surface area (Å²) in [5, 5.41) is 0.676. The first-order valence-corrected chi connectivity index (χ1v) is 11.9. The quantitative estimate of drug-likeness (QED) is 0.293. The minimum atomic E-state index is 0.122. The number of hydrogen-bond donors (Lipinski definition) is 0. The molecule has 1 heterocycles. The van der Waals surface area contributed by atoms with Gasteiger partial charge >= 0.3 is 0 Å². The lowest BCUT2D eigenvalue weighted by Gasteiger charge is -2.23. The van der Waals surface area contributed by atoms with Gasteiger partial charge in [-0.05, 0) is 35.7 Å². The number of hydrogen-bond acceptors (Lipinski definition) is 4. The van der Waals surface area contributed by atoms with Gasteiger partial charge in [0.05, 0.1) is 16.0 Å². The van der Waals surface area contributed by atoms with Crippen LogP contribution in [0.4, 0.5) is 0 Å². The molecule has 0 aliphatic rings. The Morgan fingerprint density at radius 3 is 2.40 bits per heavy atom. The molecular weight excluding hydrogens is 432 g/mol. The number of amides is 1. The van der Waals surface area contributed by atoms with E-state index in [4.69, 9.17) is 11.6 Å². The zero-order valence-electron chi connectivity index (χ0n) is 16.3. The number of carbonyl (C=O) groups excluding carboxylic acids is 1. The SMILES string of the molecule is O=C(CSc1nc2cc(Cl)ccc2s1)N(CCc1ccccc1)Cc1ccccc1. The summed E-state index contributed by atoms with van der Waals surface area (Å²) in [4.78, 5) is 19.6. The maximum absolute atomic E-state index is 13.1. The van der Waals surface area contributed by atoms with E-state index in [1.54, 1.807) is 11.3 Å². The van der Waals surface area contributed by atoms with Gasteiger partial charge in [-0.3, -0.25) is 4.79 Å². The van der Waals surface area contributed by atoms with Crippen molar-refractivity contribution in [3.05, 3.63) is 95.0 Å². The van der Waals surface area contributed by atoms with Crippen molar-refractivity contribution in [1.82, 2.24) is 9.88 Å². The first-order chi connectivity index (χ1) is 14.7. The molecule has 3 nitrogen and oxygen atoms in total. The number of nitrogens with zero attached hydrogens (tertiary/aromatic N) is 2. The lowest BCUT2D eigenvalue weighted by atomic mass is 10.1. The van der Waals surface area contributed by atoms with E-state index in [1.165, 1.54) is 17.3 Å². The van der Waals surface area contributed by atoms with Gasteiger partial charge in [0.15, 0.2) is 4.34 Å². The molecule has 0 aliphatic heterocycles. The van der Waals surface area contributed by atoms with Gasteiger partial charge in [0.2, 0.25) is 5.91 Å². The Bertz CT molecular complexity index is 1120. The second-order valence-corrected chi connectivity index (χ2v) is 9.61. The molecule has 152 valence electrons. The molecule has 4 rings (SSSR count). The van der Waals surface area contributed by atoms with Crippen molar-refractivity contribution in [3.8, 4) is 0 Å². The molecule has 30 heavy (non-hydrogen) atoms. The second kappa shape index (κ2) is 10.1. The first kappa shape index (κ1) is 20.9. The molecule has 0 N–H and O–H groups in total. The van der Waals surface area contributed by atoms with Crippen LogP contribution in [-0.2, 0) is 17.8 Å². The third kappa shape index (κ3) is 5.63. The van der Waals surface area contributed by atoms with Gasteiger partial charge < -0.3 is 4.90 Å². The van der Waals surface area contributed by atoms with E-state index < -0.39 is 0 Å². The Morgan fingerprint density at radius 1 is 0.967 bits per heavy atom. The molecule has 0 bridgehead atoms. The first-order valence-electron chi connectivity index (χ1n) is 9.72. The van der Waals surface area contributed by atoms with Crippen LogP contribution in [0.1, 0.15) is 11.1 Å². The predicted molar refractivity (Wildman–Crippen MR) is 127 cm³/mol. The van der Waals surface area contributed by atoms with Crippen LogP contribution in [0, 0.1) is 0 Å². The van der Waals surface area contributed by atoms with E-state index in [2.05, 4.69) is 29.2 Å². The summed E-state index contributed by atoms with van der Waals surface area (Å²) in [5.74, 6) is 0.493. The largest absolute Gasteiger partial charge is 0.337 e. The average molecular weight is 453 g/mol. The molecule has 0 fully saturated rings. The van der Waals surface area contributed by atoms with Crippen molar-refractivity contribution < 1.29 is 4.79 Å². The molecule has 0 aliphatic carbocycles. The molecule has 0 unspecified atom stereocenters. The highest BCUT2D eigenvalue weighted by Gasteiger charge is 2.16. The van der Waals surface area contributed by atoms with Crippen molar-refractivity contribution in [3.63, 3.8) is 0 Å². The van der Waals surface area contributed by atoms with Crippen LogP contribution in [0.25, 0.3) is 10.2 Å². The van der Waals surface area contributed by atoms with Gasteiger partial charge in [0.25, 0.3) is 0 Å². The molecular formula is C24H21ClN2OS2. The molecule has 1 amide bonds. The second-order valence-electron chi connectivity index (χ2n) is 6.92. The average Bonchev–Trinajstić information content (AvgIpc) is 3.18. The number of halogens is 1. The van der Waals surface area contributed by atoms with E-state index in [1.807, 2.05) is 59.5 Å². The van der Waals surface area contributed by atoms with Crippen molar-refractivity contribution in [2.45, 2.75) is 17.3 Å². The summed E-state index contributed by atoms with van der Waals surface area (Å²) in [5.41, 5.74) is 3.25. The summed E-state index contributed by atoms with van der Waals surface area (Å²) in [6.45, 7) is 1.30. The number of thioether (sulfide) groups is 1. The minimum absolute atomic E-state index is 0.122. The molecule has 0 saturated carbocycles. The van der Waals surface area contributed by atoms with Crippen molar-refractivity contribution in [1.29, 1.82) is 0 Å². The van der Waals surface area contributed by atoms with Crippen LogP contribution in [0.3, 0.4) is 0 Å². The third-order valence-electron chi connectivity index (χ3n) is 4.73. The lowest BCUT2D eigenvalue weighted by Crippen LogP contribution is -2.33. The van der Waals surface area contributed by atoms with E-state index in [0.717, 1.165) is 26.5 Å². The smallest absolute Gasteiger partial charge is 0.233 e. The summed E-state index contributed by atoms with van der Waals surface area (Å²) in [7, 11) is 0. The molecule has 3 aromatic carbocycles.